The molecular weight excluding hydrogens is 255 g/mol. The highest BCUT2D eigenvalue weighted by Crippen LogP contribution is 2.32. The highest BCUT2D eigenvalue weighted by atomic mass is 35.5. The van der Waals surface area contributed by atoms with Crippen molar-refractivity contribution >= 4 is 18.1 Å². The van der Waals surface area contributed by atoms with E-state index in [1.54, 1.807) is 12.1 Å². The third kappa shape index (κ3) is 2.94. The zero-order valence-electron chi connectivity index (χ0n) is 10.6. The van der Waals surface area contributed by atoms with Crippen LogP contribution in [0.15, 0.2) is 18.2 Å². The lowest BCUT2D eigenvalue weighted by Crippen LogP contribution is -2.40. The molecule has 1 aromatic carbocycles. The first kappa shape index (κ1) is 15.2. The quantitative estimate of drug-likeness (QED) is 0.726. The fraction of sp³-hybridized carbons (Fsp3) is 0.538. The number of halogens is 2. The molecule has 3 nitrogen and oxygen atoms in total. The van der Waals surface area contributed by atoms with Crippen molar-refractivity contribution in [3.63, 3.8) is 0 Å². The zero-order valence-corrected chi connectivity index (χ0v) is 11.4. The van der Waals surface area contributed by atoms with Crippen molar-refractivity contribution in [1.82, 2.24) is 5.32 Å². The van der Waals surface area contributed by atoms with Gasteiger partial charge >= 0.3 is 0 Å². The largest absolute Gasteiger partial charge is 0.396 e. The van der Waals surface area contributed by atoms with E-state index in [9.17, 15) is 9.50 Å². The molecule has 2 rings (SSSR count). The van der Waals surface area contributed by atoms with Gasteiger partial charge in [-0.2, -0.15) is 0 Å². The minimum absolute atomic E-state index is 0. The third-order valence-corrected chi connectivity index (χ3v) is 3.41. The number of rotatable bonds is 2. The van der Waals surface area contributed by atoms with Crippen LogP contribution in [0, 0.1) is 5.82 Å². The maximum Gasteiger partial charge on any atom is 0.151 e. The Morgan fingerprint density at radius 2 is 2.17 bits per heavy atom. The van der Waals surface area contributed by atoms with E-state index < -0.39 is 11.9 Å². The Balaban J connectivity index is 0.00000162. The Bertz CT molecular complexity index is 425. The molecule has 0 aromatic heterocycles. The molecule has 1 aliphatic rings. The molecule has 1 fully saturated rings. The van der Waals surface area contributed by atoms with Crippen molar-refractivity contribution in [2.75, 3.05) is 5.73 Å². The van der Waals surface area contributed by atoms with Gasteiger partial charge in [0.05, 0.1) is 11.8 Å². The van der Waals surface area contributed by atoms with E-state index in [0.29, 0.717) is 0 Å². The summed E-state index contributed by atoms with van der Waals surface area (Å²) in [5, 5.41) is 13.5. The van der Waals surface area contributed by atoms with Gasteiger partial charge in [-0.15, -0.1) is 12.4 Å². The topological polar surface area (TPSA) is 58.3 Å². The number of nitrogen functional groups attached to an aromatic ring is 1. The summed E-state index contributed by atoms with van der Waals surface area (Å²) in [5.74, 6) is -0.508. The molecule has 1 unspecified atom stereocenters. The van der Waals surface area contributed by atoms with Crippen molar-refractivity contribution < 1.29 is 9.50 Å². The summed E-state index contributed by atoms with van der Waals surface area (Å²) in [6, 6.07) is 4.64. The second-order valence-corrected chi connectivity index (χ2v) is 5.37. The van der Waals surface area contributed by atoms with Crippen LogP contribution < -0.4 is 11.1 Å². The van der Waals surface area contributed by atoms with Crippen molar-refractivity contribution in [2.24, 2.45) is 0 Å². The smallest absolute Gasteiger partial charge is 0.151 e. The molecule has 0 amide bonds. The van der Waals surface area contributed by atoms with Gasteiger partial charge in [0, 0.05) is 17.1 Å². The maximum absolute atomic E-state index is 13.8. The lowest BCUT2D eigenvalue weighted by atomic mass is 9.99. The highest BCUT2D eigenvalue weighted by molar-refractivity contribution is 5.85. The number of hydrogen-bond donors (Lipinski definition) is 3. The molecule has 1 aliphatic heterocycles. The van der Waals surface area contributed by atoms with Crippen LogP contribution in [-0.2, 0) is 0 Å². The highest BCUT2D eigenvalue weighted by Gasteiger charge is 2.35. The van der Waals surface area contributed by atoms with Crippen LogP contribution in [0.3, 0.4) is 0 Å². The number of benzene rings is 1. The zero-order chi connectivity index (χ0) is 12.6. The minimum Gasteiger partial charge on any atom is -0.396 e. The molecular formula is C13H20ClFN2O. The molecule has 0 spiro atoms. The van der Waals surface area contributed by atoms with Crippen LogP contribution in [0.5, 0.6) is 0 Å². The second-order valence-electron chi connectivity index (χ2n) is 5.37. The molecule has 102 valence electrons. The summed E-state index contributed by atoms with van der Waals surface area (Å²) < 4.78 is 13.8. The van der Waals surface area contributed by atoms with Gasteiger partial charge in [-0.25, -0.2) is 4.39 Å². The summed E-state index contributed by atoms with van der Waals surface area (Å²) in [4.78, 5) is 0. The average Bonchev–Trinajstić information content (AvgIpc) is 2.62. The van der Waals surface area contributed by atoms with Crippen LogP contribution in [0.4, 0.5) is 10.1 Å². The number of nitrogens with two attached hydrogens (primary N) is 1. The van der Waals surface area contributed by atoms with E-state index >= 15 is 0 Å². The fourth-order valence-corrected chi connectivity index (χ4v) is 2.41. The summed E-state index contributed by atoms with van der Waals surface area (Å²) >= 11 is 0. The van der Waals surface area contributed by atoms with Crippen molar-refractivity contribution in [3.8, 4) is 0 Å². The molecule has 4 N–H and O–H groups in total. The monoisotopic (exact) mass is 274 g/mol. The molecule has 0 radical (unpaired) electrons. The molecule has 0 bridgehead atoms. The molecule has 5 heteroatoms. The Morgan fingerprint density at radius 3 is 2.72 bits per heavy atom. The molecule has 18 heavy (non-hydrogen) atoms. The van der Waals surface area contributed by atoms with Crippen LogP contribution in [0.2, 0.25) is 0 Å². The lowest BCUT2D eigenvalue weighted by Gasteiger charge is -2.24. The number of aliphatic hydroxyl groups is 1. The van der Waals surface area contributed by atoms with Gasteiger partial charge in [-0.05, 0) is 32.8 Å². The molecule has 1 saturated heterocycles. The first-order valence-electron chi connectivity index (χ1n) is 5.90. The van der Waals surface area contributed by atoms with Gasteiger partial charge in [-0.3, -0.25) is 0 Å². The Hall–Kier alpha value is -0.840. The van der Waals surface area contributed by atoms with Gasteiger partial charge in [0.25, 0.3) is 0 Å². The molecule has 2 atom stereocenters. The van der Waals surface area contributed by atoms with E-state index in [2.05, 4.69) is 19.2 Å². The first-order chi connectivity index (χ1) is 7.91. The molecule has 1 heterocycles. The summed E-state index contributed by atoms with van der Waals surface area (Å²) in [5.41, 5.74) is 5.87. The summed E-state index contributed by atoms with van der Waals surface area (Å²) in [6.45, 7) is 4.16. The molecule has 0 saturated carbocycles. The number of anilines is 1. The van der Waals surface area contributed by atoms with Gasteiger partial charge in [0.1, 0.15) is 0 Å². The van der Waals surface area contributed by atoms with Crippen molar-refractivity contribution in [1.29, 1.82) is 0 Å². The Labute approximate surface area is 113 Å². The average molecular weight is 275 g/mol. The second kappa shape index (κ2) is 5.43. The SMILES string of the molecule is CC1(C)CC[C@H](C(O)c2cccc(N)c2F)N1.Cl. The normalized spacial score (nSPS) is 23.4. The van der Waals surface area contributed by atoms with E-state index in [1.807, 2.05) is 0 Å². The number of nitrogens with one attached hydrogen (secondary N) is 1. The summed E-state index contributed by atoms with van der Waals surface area (Å²) in [6.07, 6.45) is 0.960. The van der Waals surface area contributed by atoms with E-state index in [1.165, 1.54) is 6.07 Å². The molecule has 1 aromatic rings. The maximum atomic E-state index is 13.8. The van der Waals surface area contributed by atoms with Gasteiger partial charge in [-0.1, -0.05) is 12.1 Å². The van der Waals surface area contributed by atoms with E-state index in [0.717, 1.165) is 12.8 Å². The lowest BCUT2D eigenvalue weighted by molar-refractivity contribution is 0.128. The van der Waals surface area contributed by atoms with Crippen LogP contribution in [0.1, 0.15) is 38.4 Å². The number of aliphatic hydroxyl groups excluding tert-OH is 1. The van der Waals surface area contributed by atoms with Crippen LogP contribution in [0.25, 0.3) is 0 Å². The van der Waals surface area contributed by atoms with Crippen molar-refractivity contribution in [2.45, 2.75) is 44.4 Å². The Morgan fingerprint density at radius 1 is 1.50 bits per heavy atom. The molecule has 0 aliphatic carbocycles. The minimum atomic E-state index is -0.847. The van der Waals surface area contributed by atoms with Gasteiger partial charge in [0.15, 0.2) is 5.82 Å². The van der Waals surface area contributed by atoms with Crippen molar-refractivity contribution in [3.05, 3.63) is 29.6 Å². The van der Waals surface area contributed by atoms with Crippen LogP contribution in [-0.4, -0.2) is 16.7 Å². The third-order valence-electron chi connectivity index (χ3n) is 3.41. The van der Waals surface area contributed by atoms with Gasteiger partial charge in [0.2, 0.25) is 0 Å². The van der Waals surface area contributed by atoms with Gasteiger partial charge < -0.3 is 16.2 Å². The predicted molar refractivity (Wildman–Crippen MR) is 73.3 cm³/mol. The Kier molecular flexibility index (Phi) is 4.59. The first-order valence-corrected chi connectivity index (χ1v) is 5.90. The standard InChI is InChI=1S/C13H19FN2O.ClH/c1-13(2)7-6-10(16-13)12(17)8-4-3-5-9(15)11(8)14;/h3-5,10,12,16-17H,6-7,15H2,1-2H3;1H/t10-,12?;/m1./s1. The summed E-state index contributed by atoms with van der Waals surface area (Å²) in [7, 11) is 0. The van der Waals surface area contributed by atoms with E-state index in [4.69, 9.17) is 5.73 Å². The van der Waals surface area contributed by atoms with E-state index in [-0.39, 0.29) is 35.2 Å². The fourth-order valence-electron chi connectivity index (χ4n) is 2.41. The predicted octanol–water partition coefficient (Wildman–Crippen LogP) is 2.39. The van der Waals surface area contributed by atoms with Crippen LogP contribution >= 0.6 is 12.4 Å². The number of hydrogen-bond acceptors (Lipinski definition) is 3.